The molecule has 8 heteroatoms. The average Bonchev–Trinajstić information content (AvgIpc) is 2.24. The number of halogens is 3. The van der Waals surface area contributed by atoms with E-state index in [9.17, 15) is 13.2 Å². The number of anilines is 2. The highest BCUT2D eigenvalue weighted by atomic mass is 19.4. The van der Waals surface area contributed by atoms with Gasteiger partial charge in [-0.1, -0.05) is 0 Å². The van der Waals surface area contributed by atoms with Crippen LogP contribution >= 0.6 is 0 Å². The van der Waals surface area contributed by atoms with Gasteiger partial charge in [0, 0.05) is 39.3 Å². The van der Waals surface area contributed by atoms with E-state index in [1.54, 1.807) is 23.9 Å². The van der Waals surface area contributed by atoms with Gasteiger partial charge in [-0.2, -0.15) is 18.2 Å². The summed E-state index contributed by atoms with van der Waals surface area (Å²) in [6.45, 7) is 1.28. The molecule has 1 fully saturated rings. The van der Waals surface area contributed by atoms with Crippen LogP contribution in [0.15, 0.2) is 6.07 Å². The molecule has 0 aliphatic carbocycles. The zero-order valence-corrected chi connectivity index (χ0v) is 11.9. The molecule has 0 unspecified atom stereocenters. The molecule has 112 valence electrons. The molecule has 0 amide bonds. The molecule has 20 heavy (non-hydrogen) atoms. The summed E-state index contributed by atoms with van der Waals surface area (Å²) < 4.78 is 38.6. The van der Waals surface area contributed by atoms with Crippen LogP contribution in [0.2, 0.25) is 0 Å². The van der Waals surface area contributed by atoms with Crippen molar-refractivity contribution in [3.05, 3.63) is 11.8 Å². The van der Waals surface area contributed by atoms with Crippen LogP contribution in [0.5, 0.6) is 0 Å². The second-order valence-electron chi connectivity index (χ2n) is 5.33. The third kappa shape index (κ3) is 2.95. The molecule has 1 aromatic rings. The smallest absolute Gasteiger partial charge is 0.363 e. The SMILES string of the molecule is CN(C)c1cc(C(F)(F)F)nc(N2CC(N(C)C)C2)n1. The molecule has 0 aromatic carbocycles. The molecule has 1 aliphatic heterocycles. The lowest BCUT2D eigenvalue weighted by molar-refractivity contribution is -0.141. The second kappa shape index (κ2) is 5.08. The zero-order chi connectivity index (χ0) is 15.1. The average molecular weight is 289 g/mol. The molecule has 2 heterocycles. The Kier molecular flexibility index (Phi) is 3.77. The maximum absolute atomic E-state index is 12.9. The van der Waals surface area contributed by atoms with Gasteiger partial charge in [0.2, 0.25) is 5.95 Å². The molecule has 0 spiro atoms. The van der Waals surface area contributed by atoms with Crippen molar-refractivity contribution in [3.63, 3.8) is 0 Å². The predicted octanol–water partition coefficient (Wildman–Crippen LogP) is 1.31. The number of rotatable bonds is 3. The molecule has 1 saturated heterocycles. The highest BCUT2D eigenvalue weighted by Gasteiger charge is 2.36. The van der Waals surface area contributed by atoms with Gasteiger partial charge in [0.25, 0.3) is 0 Å². The van der Waals surface area contributed by atoms with Gasteiger partial charge < -0.3 is 14.7 Å². The summed E-state index contributed by atoms with van der Waals surface area (Å²) in [5.41, 5.74) is -0.903. The minimum Gasteiger partial charge on any atom is -0.363 e. The Morgan fingerprint density at radius 3 is 2.20 bits per heavy atom. The van der Waals surface area contributed by atoms with Gasteiger partial charge in [-0.25, -0.2) is 4.98 Å². The highest BCUT2D eigenvalue weighted by molar-refractivity contribution is 5.47. The van der Waals surface area contributed by atoms with E-state index in [1.165, 1.54) is 0 Å². The number of nitrogens with zero attached hydrogens (tertiary/aromatic N) is 5. The van der Waals surface area contributed by atoms with E-state index in [1.807, 2.05) is 19.0 Å². The van der Waals surface area contributed by atoms with Crippen molar-refractivity contribution in [2.24, 2.45) is 0 Å². The van der Waals surface area contributed by atoms with Crippen LogP contribution in [0.3, 0.4) is 0 Å². The number of aromatic nitrogens is 2. The number of hydrogen-bond acceptors (Lipinski definition) is 5. The van der Waals surface area contributed by atoms with Crippen LogP contribution in [0.4, 0.5) is 24.9 Å². The molecule has 0 saturated carbocycles. The first kappa shape index (κ1) is 14.8. The lowest BCUT2D eigenvalue weighted by Crippen LogP contribution is -2.58. The molecule has 2 rings (SSSR count). The normalized spacial score (nSPS) is 16.5. The summed E-state index contributed by atoms with van der Waals surface area (Å²) in [5.74, 6) is 0.400. The van der Waals surface area contributed by atoms with Crippen LogP contribution in [0.1, 0.15) is 5.69 Å². The summed E-state index contributed by atoms with van der Waals surface area (Å²) in [7, 11) is 7.20. The summed E-state index contributed by atoms with van der Waals surface area (Å²) >= 11 is 0. The molecule has 0 radical (unpaired) electrons. The van der Waals surface area contributed by atoms with Crippen LogP contribution < -0.4 is 9.80 Å². The van der Waals surface area contributed by atoms with E-state index >= 15 is 0 Å². The number of alkyl halides is 3. The number of hydrogen-bond donors (Lipinski definition) is 0. The Balaban J connectivity index is 2.27. The molecular weight excluding hydrogens is 271 g/mol. The van der Waals surface area contributed by atoms with Crippen LogP contribution in [-0.2, 0) is 6.18 Å². The van der Waals surface area contributed by atoms with Crippen LogP contribution in [-0.4, -0.2) is 62.2 Å². The summed E-state index contributed by atoms with van der Waals surface area (Å²) in [4.78, 5) is 13.2. The molecule has 0 bridgehead atoms. The van der Waals surface area contributed by atoms with Crippen LogP contribution in [0, 0.1) is 0 Å². The van der Waals surface area contributed by atoms with Gasteiger partial charge in [0.15, 0.2) is 5.69 Å². The topological polar surface area (TPSA) is 35.5 Å². The van der Waals surface area contributed by atoms with E-state index < -0.39 is 11.9 Å². The van der Waals surface area contributed by atoms with E-state index in [0.29, 0.717) is 19.1 Å². The minimum absolute atomic E-state index is 0.140. The zero-order valence-electron chi connectivity index (χ0n) is 11.9. The monoisotopic (exact) mass is 289 g/mol. The maximum Gasteiger partial charge on any atom is 0.433 e. The van der Waals surface area contributed by atoms with Crippen molar-refractivity contribution in [1.82, 2.24) is 14.9 Å². The van der Waals surface area contributed by atoms with Crippen molar-refractivity contribution in [2.45, 2.75) is 12.2 Å². The van der Waals surface area contributed by atoms with Gasteiger partial charge in [0.1, 0.15) is 5.82 Å². The molecule has 0 N–H and O–H groups in total. The lowest BCUT2D eigenvalue weighted by Gasteiger charge is -2.42. The predicted molar refractivity (Wildman–Crippen MR) is 71.0 cm³/mol. The quantitative estimate of drug-likeness (QED) is 0.838. The van der Waals surface area contributed by atoms with Crippen molar-refractivity contribution < 1.29 is 13.2 Å². The Morgan fingerprint density at radius 1 is 1.15 bits per heavy atom. The fourth-order valence-electron chi connectivity index (χ4n) is 1.88. The van der Waals surface area contributed by atoms with Crippen molar-refractivity contribution in [2.75, 3.05) is 51.1 Å². The fraction of sp³-hybridized carbons (Fsp3) is 0.667. The minimum atomic E-state index is -4.46. The standard InChI is InChI=1S/C12H18F3N5/c1-18(2)8-6-20(7-8)11-16-9(12(13,14)15)5-10(17-11)19(3)4/h5,8H,6-7H2,1-4H3. The summed E-state index contributed by atoms with van der Waals surface area (Å²) in [6.07, 6.45) is -4.46. The third-order valence-electron chi connectivity index (χ3n) is 3.32. The summed E-state index contributed by atoms with van der Waals surface area (Å²) in [6, 6.07) is 1.29. The Hall–Kier alpha value is -1.57. The lowest BCUT2D eigenvalue weighted by atomic mass is 10.1. The van der Waals surface area contributed by atoms with Gasteiger partial charge in [-0.15, -0.1) is 0 Å². The molecule has 5 nitrogen and oxygen atoms in total. The Bertz CT molecular complexity index is 480. The Morgan fingerprint density at radius 2 is 1.75 bits per heavy atom. The summed E-state index contributed by atoms with van der Waals surface area (Å²) in [5, 5.41) is 0. The highest BCUT2D eigenvalue weighted by Crippen LogP contribution is 2.31. The number of likely N-dealkylation sites (N-methyl/N-ethyl adjacent to an activating group) is 1. The van der Waals surface area contributed by atoms with E-state index in [-0.39, 0.29) is 11.8 Å². The molecule has 1 aromatic heterocycles. The Labute approximate surface area is 116 Å². The second-order valence-corrected chi connectivity index (χ2v) is 5.33. The fourth-order valence-corrected chi connectivity index (χ4v) is 1.88. The largest absolute Gasteiger partial charge is 0.433 e. The van der Waals surface area contributed by atoms with E-state index in [0.717, 1.165) is 6.07 Å². The van der Waals surface area contributed by atoms with E-state index in [4.69, 9.17) is 0 Å². The van der Waals surface area contributed by atoms with Gasteiger partial charge in [-0.3, -0.25) is 0 Å². The van der Waals surface area contributed by atoms with Crippen molar-refractivity contribution >= 4 is 11.8 Å². The van der Waals surface area contributed by atoms with Crippen LogP contribution in [0.25, 0.3) is 0 Å². The first-order chi connectivity index (χ1) is 9.18. The first-order valence-electron chi connectivity index (χ1n) is 6.23. The van der Waals surface area contributed by atoms with Gasteiger partial charge in [0.05, 0.1) is 0 Å². The third-order valence-corrected chi connectivity index (χ3v) is 3.32. The van der Waals surface area contributed by atoms with Crippen molar-refractivity contribution in [1.29, 1.82) is 0 Å². The van der Waals surface area contributed by atoms with Gasteiger partial charge >= 0.3 is 6.18 Å². The maximum atomic E-state index is 12.9. The van der Waals surface area contributed by atoms with Crippen molar-refractivity contribution in [3.8, 4) is 0 Å². The molecule has 0 atom stereocenters. The van der Waals surface area contributed by atoms with E-state index in [2.05, 4.69) is 9.97 Å². The first-order valence-corrected chi connectivity index (χ1v) is 6.23. The molecular formula is C12H18F3N5. The van der Waals surface area contributed by atoms with Gasteiger partial charge in [-0.05, 0) is 14.1 Å². The molecule has 1 aliphatic rings.